The number of aromatic nitrogens is 2. The number of hydrogen-bond donors (Lipinski definition) is 1. The number of nitrogens with zero attached hydrogens (tertiary/aromatic N) is 1. The number of methoxy groups -OCH3 is 1. The summed E-state index contributed by atoms with van der Waals surface area (Å²) in [6.45, 7) is 0. The van der Waals surface area contributed by atoms with Gasteiger partial charge in [0.1, 0.15) is 11.5 Å². The standard InChI is InChI=1S/C15H14N2O3S/c1-18-12-6-3-2-5-10(12)11(13-7-4-8-19-13)9-14-16-17-15(21)20-14/h2-8,11H,9H2,1H3,(H,17,21)/t11-/m1/s1. The second kappa shape index (κ2) is 5.97. The molecule has 0 aliphatic rings. The zero-order valence-electron chi connectivity index (χ0n) is 11.4. The normalized spacial score (nSPS) is 12.2. The van der Waals surface area contributed by atoms with Gasteiger partial charge in [0.05, 0.1) is 19.3 Å². The van der Waals surface area contributed by atoms with E-state index in [1.807, 2.05) is 36.4 Å². The number of H-pyrrole nitrogens is 1. The van der Waals surface area contributed by atoms with Crippen LogP contribution in [0.15, 0.2) is 51.5 Å². The molecule has 0 fully saturated rings. The zero-order valence-corrected chi connectivity index (χ0v) is 12.2. The lowest BCUT2D eigenvalue weighted by molar-refractivity contribution is 0.395. The van der Waals surface area contributed by atoms with Crippen molar-refractivity contribution in [2.75, 3.05) is 7.11 Å². The maximum atomic E-state index is 5.57. The van der Waals surface area contributed by atoms with E-state index in [1.165, 1.54) is 0 Å². The molecule has 3 aromatic rings. The van der Waals surface area contributed by atoms with Crippen molar-refractivity contribution in [1.29, 1.82) is 0 Å². The molecule has 0 spiro atoms. The molecule has 5 nitrogen and oxygen atoms in total. The molecule has 0 bridgehead atoms. The molecular formula is C15H14N2O3S. The van der Waals surface area contributed by atoms with Gasteiger partial charge in [0.15, 0.2) is 0 Å². The minimum atomic E-state index is -0.0578. The van der Waals surface area contributed by atoms with Crippen LogP contribution in [0.25, 0.3) is 0 Å². The minimum Gasteiger partial charge on any atom is -0.496 e. The van der Waals surface area contributed by atoms with Gasteiger partial charge in [-0.15, -0.1) is 5.10 Å². The lowest BCUT2D eigenvalue weighted by Crippen LogP contribution is -2.06. The van der Waals surface area contributed by atoms with Gasteiger partial charge in [-0.1, -0.05) is 18.2 Å². The molecule has 108 valence electrons. The molecule has 21 heavy (non-hydrogen) atoms. The number of furan rings is 1. The molecule has 2 aromatic heterocycles. The van der Waals surface area contributed by atoms with Crippen LogP contribution in [0.1, 0.15) is 23.1 Å². The largest absolute Gasteiger partial charge is 0.496 e. The van der Waals surface area contributed by atoms with E-state index in [1.54, 1.807) is 13.4 Å². The highest BCUT2D eigenvalue weighted by Gasteiger charge is 2.23. The molecule has 1 atom stereocenters. The van der Waals surface area contributed by atoms with Crippen LogP contribution in [0.3, 0.4) is 0 Å². The van der Waals surface area contributed by atoms with Gasteiger partial charge in [-0.05, 0) is 30.4 Å². The third-order valence-electron chi connectivity index (χ3n) is 3.26. The van der Waals surface area contributed by atoms with Gasteiger partial charge in [0.25, 0.3) is 4.84 Å². The predicted octanol–water partition coefficient (Wildman–Crippen LogP) is 3.71. The van der Waals surface area contributed by atoms with Crippen LogP contribution in [0.5, 0.6) is 5.75 Å². The first-order chi connectivity index (χ1) is 10.3. The Hall–Kier alpha value is -2.34. The zero-order chi connectivity index (χ0) is 14.7. The molecule has 0 saturated carbocycles. The molecule has 0 amide bonds. The highest BCUT2D eigenvalue weighted by molar-refractivity contribution is 7.71. The summed E-state index contributed by atoms with van der Waals surface area (Å²) in [6.07, 6.45) is 2.18. The predicted molar refractivity (Wildman–Crippen MR) is 78.9 cm³/mol. The van der Waals surface area contributed by atoms with Crippen LogP contribution in [0.4, 0.5) is 0 Å². The lowest BCUT2D eigenvalue weighted by atomic mass is 9.92. The van der Waals surface area contributed by atoms with Crippen molar-refractivity contribution < 1.29 is 13.6 Å². The summed E-state index contributed by atoms with van der Waals surface area (Å²) in [5.41, 5.74) is 1.01. The van der Waals surface area contributed by atoms with Crippen LogP contribution < -0.4 is 4.74 Å². The lowest BCUT2D eigenvalue weighted by Gasteiger charge is -2.16. The van der Waals surface area contributed by atoms with Crippen LogP contribution in [0.2, 0.25) is 0 Å². The number of benzene rings is 1. The molecule has 1 aromatic carbocycles. The molecule has 0 unspecified atom stereocenters. The summed E-state index contributed by atoms with van der Waals surface area (Å²) < 4.78 is 16.4. The van der Waals surface area contributed by atoms with E-state index in [0.717, 1.165) is 17.1 Å². The quantitative estimate of drug-likeness (QED) is 0.728. The monoisotopic (exact) mass is 302 g/mol. The molecule has 2 heterocycles. The molecule has 0 aliphatic carbocycles. The average molecular weight is 302 g/mol. The molecular weight excluding hydrogens is 288 g/mol. The smallest absolute Gasteiger partial charge is 0.284 e. The van der Waals surface area contributed by atoms with Crippen LogP contribution in [0, 0.1) is 4.84 Å². The van der Waals surface area contributed by atoms with Crippen LogP contribution in [-0.4, -0.2) is 17.3 Å². The fourth-order valence-electron chi connectivity index (χ4n) is 2.33. The summed E-state index contributed by atoms with van der Waals surface area (Å²) in [4.78, 5) is 0.267. The van der Waals surface area contributed by atoms with Crippen molar-refractivity contribution >= 4 is 12.2 Å². The third kappa shape index (κ3) is 2.90. The summed E-state index contributed by atoms with van der Waals surface area (Å²) in [7, 11) is 1.65. The van der Waals surface area contributed by atoms with Gasteiger partial charge in [0.2, 0.25) is 5.89 Å². The molecule has 0 radical (unpaired) electrons. The number of nitrogens with one attached hydrogen (secondary N) is 1. The van der Waals surface area contributed by atoms with Gasteiger partial charge in [-0.25, -0.2) is 5.10 Å². The number of para-hydroxylation sites is 1. The van der Waals surface area contributed by atoms with Gasteiger partial charge < -0.3 is 13.6 Å². The van der Waals surface area contributed by atoms with Gasteiger partial charge in [0, 0.05) is 12.0 Å². The Balaban J connectivity index is 2.02. The molecule has 0 saturated heterocycles. The Kier molecular flexibility index (Phi) is 3.87. The highest BCUT2D eigenvalue weighted by atomic mass is 32.1. The Morgan fingerprint density at radius 2 is 2.14 bits per heavy atom. The number of aromatic amines is 1. The second-order valence-electron chi connectivity index (χ2n) is 4.52. The summed E-state index contributed by atoms with van der Waals surface area (Å²) >= 11 is 4.92. The van der Waals surface area contributed by atoms with Gasteiger partial charge >= 0.3 is 0 Å². The summed E-state index contributed by atoms with van der Waals surface area (Å²) in [5, 5.41) is 6.70. The molecule has 1 N–H and O–H groups in total. The van der Waals surface area contributed by atoms with Crippen molar-refractivity contribution in [3.05, 3.63) is 64.7 Å². The van der Waals surface area contributed by atoms with Crippen LogP contribution in [-0.2, 0) is 6.42 Å². The number of ether oxygens (including phenoxy) is 1. The van der Waals surface area contributed by atoms with Gasteiger partial charge in [-0.2, -0.15) is 0 Å². The third-order valence-corrected chi connectivity index (χ3v) is 3.44. The second-order valence-corrected chi connectivity index (χ2v) is 4.89. The first kappa shape index (κ1) is 13.6. The summed E-state index contributed by atoms with van der Waals surface area (Å²) in [5.74, 6) is 2.10. The topological polar surface area (TPSA) is 64.2 Å². The maximum absolute atomic E-state index is 5.57. The van der Waals surface area contributed by atoms with E-state index in [0.29, 0.717) is 12.3 Å². The van der Waals surface area contributed by atoms with E-state index in [-0.39, 0.29) is 10.8 Å². The van der Waals surface area contributed by atoms with Crippen LogP contribution >= 0.6 is 12.2 Å². The fourth-order valence-corrected chi connectivity index (χ4v) is 2.47. The molecule has 3 rings (SSSR count). The first-order valence-electron chi connectivity index (χ1n) is 6.48. The van der Waals surface area contributed by atoms with Gasteiger partial charge in [-0.3, -0.25) is 0 Å². The average Bonchev–Trinajstić information content (AvgIpc) is 3.16. The summed E-state index contributed by atoms with van der Waals surface area (Å²) in [6, 6.07) is 11.6. The first-order valence-corrected chi connectivity index (χ1v) is 6.89. The molecule has 0 aliphatic heterocycles. The SMILES string of the molecule is COc1ccccc1[C@@H](Cc1n[nH]c(=S)o1)c1ccco1. The van der Waals surface area contributed by atoms with E-state index >= 15 is 0 Å². The van der Waals surface area contributed by atoms with Crippen molar-refractivity contribution in [1.82, 2.24) is 10.2 Å². The fraction of sp³-hybridized carbons (Fsp3) is 0.200. The number of hydrogen-bond acceptors (Lipinski definition) is 5. The maximum Gasteiger partial charge on any atom is 0.284 e. The van der Waals surface area contributed by atoms with E-state index in [9.17, 15) is 0 Å². The van der Waals surface area contributed by atoms with Crippen molar-refractivity contribution in [2.24, 2.45) is 0 Å². The van der Waals surface area contributed by atoms with Crippen molar-refractivity contribution in [3.63, 3.8) is 0 Å². The Morgan fingerprint density at radius 3 is 2.81 bits per heavy atom. The minimum absolute atomic E-state index is 0.0578. The van der Waals surface area contributed by atoms with E-state index < -0.39 is 0 Å². The number of rotatable bonds is 5. The Labute approximate surface area is 126 Å². The Morgan fingerprint density at radius 1 is 1.29 bits per heavy atom. The highest BCUT2D eigenvalue weighted by Crippen LogP contribution is 2.34. The van der Waals surface area contributed by atoms with E-state index in [2.05, 4.69) is 10.2 Å². The molecule has 6 heteroatoms. The van der Waals surface area contributed by atoms with Crippen molar-refractivity contribution in [2.45, 2.75) is 12.3 Å². The van der Waals surface area contributed by atoms with Crippen molar-refractivity contribution in [3.8, 4) is 5.75 Å². The van der Waals surface area contributed by atoms with E-state index in [4.69, 9.17) is 25.8 Å². The Bertz CT molecular complexity index is 761.